The van der Waals surface area contributed by atoms with Crippen LogP contribution in [0.4, 0.5) is 5.82 Å². The maximum absolute atomic E-state index is 11.2. The number of nitriles is 1. The number of aromatic nitrogens is 1. The van der Waals surface area contributed by atoms with Gasteiger partial charge in [0.05, 0.1) is 12.1 Å². The van der Waals surface area contributed by atoms with Crippen molar-refractivity contribution < 1.29 is 4.79 Å². The van der Waals surface area contributed by atoms with Gasteiger partial charge in [0, 0.05) is 11.7 Å². The van der Waals surface area contributed by atoms with E-state index in [0.717, 1.165) is 31.4 Å². The Morgan fingerprint density at radius 1 is 1.50 bits per heavy atom. The molecule has 0 fully saturated rings. The normalized spacial score (nSPS) is 13.7. The number of hydrogen-bond acceptors (Lipinski definition) is 4. The zero-order chi connectivity index (χ0) is 14.7. The number of anilines is 1. The van der Waals surface area contributed by atoms with E-state index in [2.05, 4.69) is 11.1 Å². The summed E-state index contributed by atoms with van der Waals surface area (Å²) < 4.78 is 0. The fraction of sp³-hybridized carbons (Fsp3) is 0.533. The van der Waals surface area contributed by atoms with Crippen LogP contribution in [0.25, 0.3) is 0 Å². The number of primary amides is 1. The summed E-state index contributed by atoms with van der Waals surface area (Å²) in [5.41, 5.74) is 8.06. The highest BCUT2D eigenvalue weighted by molar-refractivity contribution is 5.80. The van der Waals surface area contributed by atoms with E-state index in [4.69, 9.17) is 5.73 Å². The standard InChI is InChI=1S/C15H20N4O/c1-10(2)19(9-14(17)20)15-12(8-16)7-11-5-3-4-6-13(11)18-15/h7,10H,3-6,9H2,1-2H3,(H2,17,20). The van der Waals surface area contributed by atoms with Crippen LogP contribution in [-0.2, 0) is 17.6 Å². The molecule has 0 unspecified atom stereocenters. The number of hydrogen-bond donors (Lipinski definition) is 1. The molecule has 5 heteroatoms. The largest absolute Gasteiger partial charge is 0.368 e. The number of nitrogens with two attached hydrogens (primary N) is 1. The fourth-order valence-electron chi connectivity index (χ4n) is 2.59. The molecular formula is C15H20N4O. The molecule has 0 radical (unpaired) electrons. The third-order valence-corrected chi connectivity index (χ3v) is 3.62. The third-order valence-electron chi connectivity index (χ3n) is 3.62. The molecular weight excluding hydrogens is 252 g/mol. The molecule has 0 aromatic carbocycles. The summed E-state index contributed by atoms with van der Waals surface area (Å²) in [5.74, 6) is 0.170. The number of carbonyl (C=O) groups excluding carboxylic acids is 1. The molecule has 1 aliphatic carbocycles. The van der Waals surface area contributed by atoms with Crippen LogP contribution >= 0.6 is 0 Å². The van der Waals surface area contributed by atoms with Crippen molar-refractivity contribution in [3.8, 4) is 6.07 Å². The lowest BCUT2D eigenvalue weighted by molar-refractivity contribution is -0.116. The third kappa shape index (κ3) is 2.90. The van der Waals surface area contributed by atoms with Gasteiger partial charge in [0.2, 0.25) is 5.91 Å². The summed E-state index contributed by atoms with van der Waals surface area (Å²) in [6.45, 7) is 4.01. The summed E-state index contributed by atoms with van der Waals surface area (Å²) in [5, 5.41) is 9.35. The van der Waals surface area contributed by atoms with Crippen LogP contribution < -0.4 is 10.6 Å². The van der Waals surface area contributed by atoms with E-state index in [1.165, 1.54) is 5.56 Å². The molecule has 1 aromatic heterocycles. The lowest BCUT2D eigenvalue weighted by Gasteiger charge is -2.29. The minimum absolute atomic E-state index is 0.0590. The van der Waals surface area contributed by atoms with E-state index in [1.807, 2.05) is 19.9 Å². The smallest absolute Gasteiger partial charge is 0.237 e. The molecule has 2 N–H and O–H groups in total. The van der Waals surface area contributed by atoms with Crippen LogP contribution in [0.5, 0.6) is 0 Å². The molecule has 20 heavy (non-hydrogen) atoms. The van der Waals surface area contributed by atoms with Gasteiger partial charge in [-0.05, 0) is 51.2 Å². The van der Waals surface area contributed by atoms with Crippen LogP contribution in [0.3, 0.4) is 0 Å². The molecule has 0 spiro atoms. The summed E-state index contributed by atoms with van der Waals surface area (Å²) in [6.07, 6.45) is 4.20. The first kappa shape index (κ1) is 14.3. The van der Waals surface area contributed by atoms with Crippen LogP contribution in [0.2, 0.25) is 0 Å². The zero-order valence-corrected chi connectivity index (χ0v) is 12.0. The fourth-order valence-corrected chi connectivity index (χ4v) is 2.59. The van der Waals surface area contributed by atoms with E-state index in [0.29, 0.717) is 11.4 Å². The minimum atomic E-state index is -0.415. The van der Waals surface area contributed by atoms with Crippen LogP contribution in [-0.4, -0.2) is 23.5 Å². The topological polar surface area (TPSA) is 83.0 Å². The first-order valence-electron chi connectivity index (χ1n) is 7.00. The van der Waals surface area contributed by atoms with Gasteiger partial charge >= 0.3 is 0 Å². The number of amides is 1. The van der Waals surface area contributed by atoms with Gasteiger partial charge in [-0.25, -0.2) is 4.98 Å². The van der Waals surface area contributed by atoms with Crippen molar-refractivity contribution in [2.75, 3.05) is 11.4 Å². The molecule has 0 bridgehead atoms. The maximum atomic E-state index is 11.2. The monoisotopic (exact) mass is 272 g/mol. The van der Waals surface area contributed by atoms with Gasteiger partial charge in [-0.1, -0.05) is 0 Å². The molecule has 1 aromatic rings. The molecule has 1 amide bonds. The maximum Gasteiger partial charge on any atom is 0.237 e. The summed E-state index contributed by atoms with van der Waals surface area (Å²) in [7, 11) is 0. The highest BCUT2D eigenvalue weighted by atomic mass is 16.1. The van der Waals surface area contributed by atoms with Crippen molar-refractivity contribution in [3.05, 3.63) is 22.9 Å². The van der Waals surface area contributed by atoms with Crippen LogP contribution in [0.15, 0.2) is 6.07 Å². The Labute approximate surface area is 119 Å². The van der Waals surface area contributed by atoms with Crippen molar-refractivity contribution in [2.45, 2.75) is 45.6 Å². The number of aryl methyl sites for hydroxylation is 2. The average Bonchev–Trinajstić information content (AvgIpc) is 2.42. The van der Waals surface area contributed by atoms with Crippen molar-refractivity contribution in [1.29, 1.82) is 5.26 Å². The van der Waals surface area contributed by atoms with Crippen LogP contribution in [0.1, 0.15) is 43.5 Å². The Bertz CT molecular complexity index is 560. The van der Waals surface area contributed by atoms with Gasteiger partial charge in [0.1, 0.15) is 11.9 Å². The van der Waals surface area contributed by atoms with E-state index in [-0.39, 0.29) is 12.6 Å². The second-order valence-corrected chi connectivity index (χ2v) is 5.47. The second-order valence-electron chi connectivity index (χ2n) is 5.47. The van der Waals surface area contributed by atoms with Gasteiger partial charge in [-0.3, -0.25) is 4.79 Å². The summed E-state index contributed by atoms with van der Waals surface area (Å²) in [4.78, 5) is 17.7. The van der Waals surface area contributed by atoms with E-state index < -0.39 is 5.91 Å². The molecule has 106 valence electrons. The van der Waals surface area contributed by atoms with Gasteiger partial charge in [-0.2, -0.15) is 5.26 Å². The number of carbonyl (C=O) groups is 1. The van der Waals surface area contributed by atoms with Crippen molar-refractivity contribution in [1.82, 2.24) is 4.98 Å². The molecule has 0 aliphatic heterocycles. The lowest BCUT2D eigenvalue weighted by atomic mass is 9.94. The molecule has 2 rings (SSSR count). The molecule has 0 atom stereocenters. The predicted molar refractivity (Wildman–Crippen MR) is 77.3 cm³/mol. The number of fused-ring (bicyclic) bond motifs is 1. The summed E-state index contributed by atoms with van der Waals surface area (Å²) in [6, 6.07) is 4.18. The first-order valence-corrected chi connectivity index (χ1v) is 7.00. The molecule has 0 saturated carbocycles. The highest BCUT2D eigenvalue weighted by Gasteiger charge is 2.21. The van der Waals surface area contributed by atoms with Gasteiger partial charge in [0.15, 0.2) is 0 Å². The van der Waals surface area contributed by atoms with Crippen molar-refractivity contribution in [2.24, 2.45) is 5.73 Å². The SMILES string of the molecule is CC(C)N(CC(N)=O)c1nc2c(cc1C#N)CCCC2. The van der Waals surface area contributed by atoms with Gasteiger partial charge in [0.25, 0.3) is 0 Å². The predicted octanol–water partition coefficient (Wildman–Crippen LogP) is 1.53. The Morgan fingerprint density at radius 2 is 2.20 bits per heavy atom. The van der Waals surface area contributed by atoms with Crippen molar-refractivity contribution >= 4 is 11.7 Å². The summed E-state index contributed by atoms with van der Waals surface area (Å²) >= 11 is 0. The van der Waals surface area contributed by atoms with E-state index >= 15 is 0 Å². The van der Waals surface area contributed by atoms with Gasteiger partial charge < -0.3 is 10.6 Å². The molecule has 1 heterocycles. The Morgan fingerprint density at radius 3 is 2.80 bits per heavy atom. The average molecular weight is 272 g/mol. The van der Waals surface area contributed by atoms with Gasteiger partial charge in [-0.15, -0.1) is 0 Å². The Hall–Kier alpha value is -2.09. The van der Waals surface area contributed by atoms with Crippen molar-refractivity contribution in [3.63, 3.8) is 0 Å². The van der Waals surface area contributed by atoms with E-state index in [9.17, 15) is 10.1 Å². The number of pyridine rings is 1. The van der Waals surface area contributed by atoms with Crippen LogP contribution in [0, 0.1) is 11.3 Å². The second kappa shape index (κ2) is 5.91. The quantitative estimate of drug-likeness (QED) is 0.901. The minimum Gasteiger partial charge on any atom is -0.368 e. The molecule has 1 aliphatic rings. The highest BCUT2D eigenvalue weighted by Crippen LogP contribution is 2.27. The number of nitrogens with zero attached hydrogens (tertiary/aromatic N) is 3. The Kier molecular flexibility index (Phi) is 4.23. The lowest BCUT2D eigenvalue weighted by Crippen LogP contribution is -2.39. The molecule has 0 saturated heterocycles. The zero-order valence-electron chi connectivity index (χ0n) is 12.0. The Balaban J connectivity index is 2.47. The first-order chi connectivity index (χ1) is 9.52. The van der Waals surface area contributed by atoms with E-state index in [1.54, 1.807) is 4.90 Å². The molecule has 5 nitrogen and oxygen atoms in total. The number of rotatable bonds is 4.